The number of para-hydroxylation sites is 2. The molecule has 3 aromatic rings. The van der Waals surface area contributed by atoms with Crippen LogP contribution in [0.25, 0.3) is 11.0 Å². The molecule has 0 unspecified atom stereocenters. The summed E-state index contributed by atoms with van der Waals surface area (Å²) in [6.45, 7) is 8.06. The first kappa shape index (κ1) is 20.8. The largest absolute Gasteiger partial charge is 0.493 e. The van der Waals surface area contributed by atoms with Crippen LogP contribution in [0.5, 0.6) is 5.75 Å². The summed E-state index contributed by atoms with van der Waals surface area (Å²) in [5.74, 6) is 0.584. The van der Waals surface area contributed by atoms with Crippen LogP contribution in [0.2, 0.25) is 0 Å². The minimum atomic E-state index is -0.321. The van der Waals surface area contributed by atoms with E-state index in [0.29, 0.717) is 11.7 Å². The van der Waals surface area contributed by atoms with Crippen molar-refractivity contribution in [3.05, 3.63) is 54.3 Å². The fraction of sp³-hybridized carbons (Fsp3) is 0.364. The van der Waals surface area contributed by atoms with E-state index < -0.39 is 0 Å². The van der Waals surface area contributed by atoms with E-state index in [4.69, 9.17) is 4.74 Å². The normalized spacial score (nSPS) is 11.2. The molecule has 2 aromatic carbocycles. The number of anilines is 1. The van der Waals surface area contributed by atoms with E-state index in [1.165, 1.54) is 12.1 Å². The Hall–Kier alpha value is -2.93. The zero-order valence-electron chi connectivity index (χ0n) is 16.9. The minimum Gasteiger partial charge on any atom is -0.493 e. The molecule has 1 N–H and O–H groups in total. The molecule has 1 aromatic heterocycles. The maximum absolute atomic E-state index is 12.9. The Kier molecular flexibility index (Phi) is 7.19. The number of amides is 1. The third kappa shape index (κ3) is 5.54. The van der Waals surface area contributed by atoms with Gasteiger partial charge in [-0.15, -0.1) is 0 Å². The number of nitrogens with zero attached hydrogens (tertiary/aromatic N) is 3. The number of aromatic nitrogens is 2. The summed E-state index contributed by atoms with van der Waals surface area (Å²) in [6.07, 6.45) is 0.177. The van der Waals surface area contributed by atoms with Gasteiger partial charge in [-0.2, -0.15) is 0 Å². The Balaban J connectivity index is 1.64. The highest BCUT2D eigenvalue weighted by Crippen LogP contribution is 2.20. The van der Waals surface area contributed by atoms with Crippen LogP contribution in [0, 0.1) is 5.82 Å². The van der Waals surface area contributed by atoms with Gasteiger partial charge in [0.2, 0.25) is 11.9 Å². The molecule has 6 nitrogen and oxygen atoms in total. The highest BCUT2D eigenvalue weighted by Gasteiger charge is 2.14. The molecule has 154 valence electrons. The summed E-state index contributed by atoms with van der Waals surface area (Å²) < 4.78 is 20.5. The molecule has 0 aliphatic rings. The average molecular weight is 398 g/mol. The van der Waals surface area contributed by atoms with Gasteiger partial charge in [-0.3, -0.25) is 10.1 Å². The third-order valence-electron chi connectivity index (χ3n) is 4.85. The number of benzene rings is 2. The monoisotopic (exact) mass is 398 g/mol. The molecule has 3 rings (SSSR count). The van der Waals surface area contributed by atoms with Crippen LogP contribution in [0.1, 0.15) is 20.3 Å². The van der Waals surface area contributed by atoms with E-state index in [0.717, 1.165) is 37.2 Å². The van der Waals surface area contributed by atoms with Crippen LogP contribution in [0.4, 0.5) is 10.3 Å². The number of rotatable bonds is 10. The van der Waals surface area contributed by atoms with Gasteiger partial charge in [0.05, 0.1) is 24.1 Å². The Bertz CT molecular complexity index is 936. The number of hydrogen-bond acceptors (Lipinski definition) is 4. The number of ether oxygens (including phenoxy) is 1. The number of likely N-dealkylation sites (N-methyl/N-ethyl adjacent to an activating group) is 1. The number of carbonyl (C=O) groups is 1. The maximum Gasteiger partial charge on any atom is 0.230 e. The second-order valence-corrected chi connectivity index (χ2v) is 6.70. The van der Waals surface area contributed by atoms with E-state index in [9.17, 15) is 9.18 Å². The number of nitrogens with one attached hydrogen (secondary N) is 1. The molecule has 29 heavy (non-hydrogen) atoms. The molecule has 0 atom stereocenters. The molecule has 1 amide bonds. The standard InChI is InChI=1S/C22H27FN4O2/c1-3-26(4-2)14-15-27-20-8-6-5-7-19(20)24-22(27)25-21(28)13-16-29-18-11-9-17(23)10-12-18/h5-12H,3-4,13-16H2,1-2H3,(H,24,25,28). The van der Waals surface area contributed by atoms with Crippen molar-refractivity contribution in [2.45, 2.75) is 26.8 Å². The first-order chi connectivity index (χ1) is 14.1. The molecular formula is C22H27FN4O2. The van der Waals surface area contributed by atoms with Gasteiger partial charge in [-0.1, -0.05) is 26.0 Å². The second kappa shape index (κ2) is 10.0. The number of hydrogen-bond donors (Lipinski definition) is 1. The molecule has 0 saturated carbocycles. The van der Waals surface area contributed by atoms with E-state index in [-0.39, 0.29) is 24.8 Å². The zero-order chi connectivity index (χ0) is 20.6. The molecule has 0 aliphatic carbocycles. The molecule has 1 heterocycles. The number of halogens is 1. The summed E-state index contributed by atoms with van der Waals surface area (Å²) in [4.78, 5) is 19.3. The zero-order valence-corrected chi connectivity index (χ0v) is 16.9. The quantitative estimate of drug-likeness (QED) is 0.562. The van der Waals surface area contributed by atoms with Crippen molar-refractivity contribution < 1.29 is 13.9 Å². The summed E-state index contributed by atoms with van der Waals surface area (Å²) >= 11 is 0. The molecule has 0 aliphatic heterocycles. The predicted octanol–water partition coefficient (Wildman–Crippen LogP) is 3.92. The van der Waals surface area contributed by atoms with Crippen LogP contribution in [-0.2, 0) is 11.3 Å². The van der Waals surface area contributed by atoms with Gasteiger partial charge in [-0.25, -0.2) is 9.37 Å². The lowest BCUT2D eigenvalue weighted by Gasteiger charge is -2.19. The lowest BCUT2D eigenvalue weighted by Crippen LogP contribution is -2.28. The van der Waals surface area contributed by atoms with Gasteiger partial charge in [0.1, 0.15) is 11.6 Å². The van der Waals surface area contributed by atoms with Crippen molar-refractivity contribution in [1.29, 1.82) is 0 Å². The number of imidazole rings is 1. The summed E-state index contributed by atoms with van der Waals surface area (Å²) in [5, 5.41) is 2.91. The van der Waals surface area contributed by atoms with E-state index in [1.54, 1.807) is 12.1 Å². The summed E-state index contributed by atoms with van der Waals surface area (Å²) in [7, 11) is 0. The predicted molar refractivity (Wildman–Crippen MR) is 113 cm³/mol. The summed E-state index contributed by atoms with van der Waals surface area (Å²) in [6, 6.07) is 13.6. The SMILES string of the molecule is CCN(CC)CCn1c(NC(=O)CCOc2ccc(F)cc2)nc2ccccc21. The van der Waals surface area contributed by atoms with Crippen molar-refractivity contribution in [1.82, 2.24) is 14.5 Å². The van der Waals surface area contributed by atoms with Crippen LogP contribution in [0.3, 0.4) is 0 Å². The van der Waals surface area contributed by atoms with Gasteiger partial charge in [-0.05, 0) is 49.5 Å². The van der Waals surface area contributed by atoms with Crippen LogP contribution < -0.4 is 10.1 Å². The van der Waals surface area contributed by atoms with Crippen molar-refractivity contribution in [2.75, 3.05) is 31.6 Å². The van der Waals surface area contributed by atoms with Crippen LogP contribution >= 0.6 is 0 Å². The second-order valence-electron chi connectivity index (χ2n) is 6.70. The molecule has 0 saturated heterocycles. The van der Waals surface area contributed by atoms with Gasteiger partial charge in [0, 0.05) is 13.1 Å². The van der Waals surface area contributed by atoms with Gasteiger partial charge >= 0.3 is 0 Å². The number of carbonyl (C=O) groups excluding carboxylic acids is 1. The third-order valence-corrected chi connectivity index (χ3v) is 4.85. The summed E-state index contributed by atoms with van der Waals surface area (Å²) in [5.41, 5.74) is 1.85. The Morgan fingerprint density at radius 1 is 1.14 bits per heavy atom. The first-order valence-corrected chi connectivity index (χ1v) is 9.96. The molecule has 0 fully saturated rings. The Morgan fingerprint density at radius 2 is 1.86 bits per heavy atom. The minimum absolute atomic E-state index is 0.175. The Labute approximate surface area is 170 Å². The molecule has 0 bridgehead atoms. The molecule has 7 heteroatoms. The van der Waals surface area contributed by atoms with E-state index in [1.807, 2.05) is 28.8 Å². The van der Waals surface area contributed by atoms with Crippen molar-refractivity contribution in [3.8, 4) is 5.75 Å². The Morgan fingerprint density at radius 3 is 2.59 bits per heavy atom. The highest BCUT2D eigenvalue weighted by molar-refractivity contribution is 5.91. The lowest BCUT2D eigenvalue weighted by molar-refractivity contribution is -0.116. The smallest absolute Gasteiger partial charge is 0.230 e. The molecular weight excluding hydrogens is 371 g/mol. The van der Waals surface area contributed by atoms with Gasteiger partial charge < -0.3 is 14.2 Å². The van der Waals surface area contributed by atoms with Gasteiger partial charge in [0.25, 0.3) is 0 Å². The fourth-order valence-electron chi connectivity index (χ4n) is 3.16. The van der Waals surface area contributed by atoms with Crippen molar-refractivity contribution in [2.24, 2.45) is 0 Å². The van der Waals surface area contributed by atoms with E-state index in [2.05, 4.69) is 29.0 Å². The number of fused-ring (bicyclic) bond motifs is 1. The first-order valence-electron chi connectivity index (χ1n) is 9.96. The van der Waals surface area contributed by atoms with E-state index >= 15 is 0 Å². The molecule has 0 spiro atoms. The van der Waals surface area contributed by atoms with Crippen LogP contribution in [0.15, 0.2) is 48.5 Å². The maximum atomic E-state index is 12.9. The molecule has 0 radical (unpaired) electrons. The fourth-order valence-corrected chi connectivity index (χ4v) is 3.16. The lowest BCUT2D eigenvalue weighted by atomic mass is 10.3. The van der Waals surface area contributed by atoms with Crippen molar-refractivity contribution >= 4 is 22.9 Å². The van der Waals surface area contributed by atoms with Crippen molar-refractivity contribution in [3.63, 3.8) is 0 Å². The van der Waals surface area contributed by atoms with Gasteiger partial charge in [0.15, 0.2) is 0 Å². The topological polar surface area (TPSA) is 59.4 Å². The van der Waals surface area contributed by atoms with Crippen LogP contribution in [-0.4, -0.2) is 46.6 Å². The highest BCUT2D eigenvalue weighted by atomic mass is 19.1. The average Bonchev–Trinajstić information content (AvgIpc) is 3.07.